The highest BCUT2D eigenvalue weighted by atomic mass is 32.2. The third-order valence-electron chi connectivity index (χ3n) is 5.49. The molecule has 2 unspecified atom stereocenters. The van der Waals surface area contributed by atoms with Crippen LogP contribution in [0.5, 0.6) is 0 Å². The van der Waals surface area contributed by atoms with Gasteiger partial charge in [-0.3, -0.25) is 0 Å². The molecule has 0 spiro atoms. The SMILES string of the molecule is CC1(C)Cc2cc(C(=O)O)ccc2NC1c1ccc(NS(=O)c2ccccc2)cc1. The Bertz CT molecular complexity index is 1100. The maximum Gasteiger partial charge on any atom is 0.335 e. The van der Waals surface area contributed by atoms with Gasteiger partial charge >= 0.3 is 5.97 Å². The van der Waals surface area contributed by atoms with Gasteiger partial charge in [0.2, 0.25) is 0 Å². The first-order chi connectivity index (χ1) is 14.3. The molecule has 0 fully saturated rings. The molecule has 2 atom stereocenters. The van der Waals surface area contributed by atoms with Crippen LogP contribution in [0.2, 0.25) is 0 Å². The number of hydrogen-bond acceptors (Lipinski definition) is 3. The fourth-order valence-corrected chi connectivity index (χ4v) is 4.82. The zero-order chi connectivity index (χ0) is 21.3. The summed E-state index contributed by atoms with van der Waals surface area (Å²) in [7, 11) is -1.31. The lowest BCUT2D eigenvalue weighted by Crippen LogP contribution is -2.35. The van der Waals surface area contributed by atoms with Gasteiger partial charge in [0.1, 0.15) is 11.0 Å². The third-order valence-corrected chi connectivity index (χ3v) is 6.61. The number of rotatable bonds is 5. The minimum Gasteiger partial charge on any atom is -0.478 e. The molecule has 0 amide bonds. The fraction of sp³-hybridized carbons (Fsp3) is 0.208. The predicted molar refractivity (Wildman–Crippen MR) is 120 cm³/mol. The van der Waals surface area contributed by atoms with E-state index in [1.165, 1.54) is 0 Å². The Balaban J connectivity index is 1.53. The van der Waals surface area contributed by atoms with Gasteiger partial charge in [0, 0.05) is 11.4 Å². The highest BCUT2D eigenvalue weighted by Crippen LogP contribution is 2.45. The van der Waals surface area contributed by atoms with Gasteiger partial charge in [-0.2, -0.15) is 0 Å². The zero-order valence-electron chi connectivity index (χ0n) is 16.9. The van der Waals surface area contributed by atoms with Crippen LogP contribution in [0.25, 0.3) is 0 Å². The Kier molecular flexibility index (Phi) is 5.35. The lowest BCUT2D eigenvalue weighted by molar-refractivity contribution is 0.0696. The van der Waals surface area contributed by atoms with Crippen molar-refractivity contribution < 1.29 is 14.1 Å². The van der Waals surface area contributed by atoms with Crippen LogP contribution in [0.15, 0.2) is 77.7 Å². The predicted octanol–water partition coefficient (Wildman–Crippen LogP) is 5.26. The molecule has 3 aromatic carbocycles. The van der Waals surface area contributed by atoms with Gasteiger partial charge < -0.3 is 15.1 Å². The summed E-state index contributed by atoms with van der Waals surface area (Å²) in [6.07, 6.45) is 0.777. The number of carboxylic acids is 1. The number of nitrogens with one attached hydrogen (secondary N) is 2. The molecule has 30 heavy (non-hydrogen) atoms. The van der Waals surface area contributed by atoms with Crippen LogP contribution in [-0.2, 0) is 17.4 Å². The summed E-state index contributed by atoms with van der Waals surface area (Å²) in [6, 6.07) is 22.6. The minimum absolute atomic E-state index is 0.0781. The molecule has 0 aliphatic carbocycles. The van der Waals surface area contributed by atoms with Crippen molar-refractivity contribution in [3.8, 4) is 0 Å². The van der Waals surface area contributed by atoms with E-state index in [9.17, 15) is 14.1 Å². The Morgan fingerprint density at radius 1 is 1.07 bits per heavy atom. The number of carbonyl (C=O) groups is 1. The minimum atomic E-state index is -1.31. The lowest BCUT2D eigenvalue weighted by atomic mass is 9.73. The van der Waals surface area contributed by atoms with Crippen LogP contribution in [0.4, 0.5) is 11.4 Å². The maximum absolute atomic E-state index is 12.5. The highest BCUT2D eigenvalue weighted by molar-refractivity contribution is 7.86. The largest absolute Gasteiger partial charge is 0.478 e. The van der Waals surface area contributed by atoms with E-state index in [1.807, 2.05) is 60.7 Å². The number of anilines is 2. The molecule has 5 nitrogen and oxygen atoms in total. The fourth-order valence-electron chi connectivity index (χ4n) is 3.95. The molecule has 1 heterocycles. The first-order valence-electron chi connectivity index (χ1n) is 9.80. The smallest absolute Gasteiger partial charge is 0.335 e. The summed E-state index contributed by atoms with van der Waals surface area (Å²) in [6.45, 7) is 4.36. The topological polar surface area (TPSA) is 78.4 Å². The van der Waals surface area contributed by atoms with Gasteiger partial charge in [-0.15, -0.1) is 0 Å². The first kappa shape index (κ1) is 20.2. The van der Waals surface area contributed by atoms with E-state index in [2.05, 4.69) is 23.9 Å². The Labute approximate surface area is 178 Å². The summed E-state index contributed by atoms with van der Waals surface area (Å²) < 4.78 is 15.5. The number of fused-ring (bicyclic) bond motifs is 1. The molecular formula is C24H24N2O3S. The molecule has 154 valence electrons. The number of aromatic carboxylic acids is 1. The second-order valence-corrected chi connectivity index (χ2v) is 9.44. The first-order valence-corrected chi connectivity index (χ1v) is 10.9. The zero-order valence-corrected chi connectivity index (χ0v) is 17.7. The molecule has 3 N–H and O–H groups in total. The quantitative estimate of drug-likeness (QED) is 0.526. The lowest BCUT2D eigenvalue weighted by Gasteiger charge is -2.41. The highest BCUT2D eigenvalue weighted by Gasteiger charge is 2.36. The second-order valence-electron chi connectivity index (χ2n) is 8.23. The molecule has 0 radical (unpaired) electrons. The molecule has 1 aliphatic rings. The molecule has 1 aliphatic heterocycles. The standard InChI is InChI=1S/C24H24N2O3S/c1-24(2)15-18-14-17(23(27)28)10-13-21(18)25-22(24)16-8-11-19(12-9-16)26-30(29)20-6-4-3-5-7-20/h3-14,22,25-26H,15H2,1-2H3,(H,27,28). The van der Waals surface area contributed by atoms with Gasteiger partial charge in [-0.05, 0) is 65.4 Å². The second kappa shape index (κ2) is 7.95. The van der Waals surface area contributed by atoms with Crippen LogP contribution in [0.1, 0.15) is 41.4 Å². The molecule has 0 aromatic heterocycles. The molecule has 0 bridgehead atoms. The monoisotopic (exact) mass is 420 g/mol. The molecule has 6 heteroatoms. The number of hydrogen-bond donors (Lipinski definition) is 3. The van der Waals surface area contributed by atoms with Gasteiger partial charge in [-0.25, -0.2) is 9.00 Å². The van der Waals surface area contributed by atoms with Crippen LogP contribution < -0.4 is 10.0 Å². The number of carboxylic acid groups (broad SMARTS) is 1. The average molecular weight is 421 g/mol. The Morgan fingerprint density at radius 2 is 1.77 bits per heavy atom. The van der Waals surface area contributed by atoms with Crippen LogP contribution >= 0.6 is 0 Å². The van der Waals surface area contributed by atoms with Gasteiger partial charge in [0.25, 0.3) is 0 Å². The van der Waals surface area contributed by atoms with Crippen LogP contribution in [0, 0.1) is 5.41 Å². The van der Waals surface area contributed by atoms with Gasteiger partial charge in [0.05, 0.1) is 16.5 Å². The summed E-state index contributed by atoms with van der Waals surface area (Å²) in [5, 5.41) is 12.8. The van der Waals surface area contributed by atoms with Crippen LogP contribution in [0.3, 0.4) is 0 Å². The van der Waals surface area contributed by atoms with Crippen molar-refractivity contribution in [1.82, 2.24) is 0 Å². The van der Waals surface area contributed by atoms with E-state index in [0.29, 0.717) is 5.56 Å². The Hall–Kier alpha value is -3.12. The normalized spacial score (nSPS) is 18.0. The average Bonchev–Trinajstić information content (AvgIpc) is 2.73. The Morgan fingerprint density at radius 3 is 2.43 bits per heavy atom. The van der Waals surface area contributed by atoms with Crippen molar-refractivity contribution in [2.75, 3.05) is 10.0 Å². The van der Waals surface area contributed by atoms with E-state index in [-0.39, 0.29) is 11.5 Å². The molecule has 4 rings (SSSR count). The summed E-state index contributed by atoms with van der Waals surface area (Å²) >= 11 is 0. The van der Waals surface area contributed by atoms with Crippen molar-refractivity contribution in [2.24, 2.45) is 5.41 Å². The van der Waals surface area contributed by atoms with Crippen molar-refractivity contribution >= 4 is 28.3 Å². The van der Waals surface area contributed by atoms with Gasteiger partial charge in [0.15, 0.2) is 0 Å². The summed E-state index contributed by atoms with van der Waals surface area (Å²) in [5.74, 6) is -0.909. The maximum atomic E-state index is 12.5. The van der Waals surface area contributed by atoms with E-state index in [4.69, 9.17) is 0 Å². The molecule has 0 saturated carbocycles. The van der Waals surface area contributed by atoms with Crippen molar-refractivity contribution in [1.29, 1.82) is 0 Å². The number of benzene rings is 3. The molecular weight excluding hydrogens is 396 g/mol. The summed E-state index contributed by atoms with van der Waals surface area (Å²) in [4.78, 5) is 12.0. The van der Waals surface area contributed by atoms with E-state index >= 15 is 0 Å². The van der Waals surface area contributed by atoms with Crippen molar-refractivity contribution in [2.45, 2.75) is 31.2 Å². The van der Waals surface area contributed by atoms with Crippen molar-refractivity contribution in [3.63, 3.8) is 0 Å². The van der Waals surface area contributed by atoms with Gasteiger partial charge in [-0.1, -0.05) is 44.2 Å². The van der Waals surface area contributed by atoms with Crippen molar-refractivity contribution in [3.05, 3.63) is 89.5 Å². The third kappa shape index (κ3) is 4.09. The van der Waals surface area contributed by atoms with E-state index in [0.717, 1.165) is 33.8 Å². The summed E-state index contributed by atoms with van der Waals surface area (Å²) in [5.41, 5.74) is 4.12. The molecule has 0 saturated heterocycles. The van der Waals surface area contributed by atoms with Crippen LogP contribution in [-0.4, -0.2) is 15.3 Å². The molecule has 3 aromatic rings. The van der Waals surface area contributed by atoms with E-state index < -0.39 is 17.0 Å². The van der Waals surface area contributed by atoms with E-state index in [1.54, 1.807) is 12.1 Å².